The van der Waals surface area contributed by atoms with Gasteiger partial charge in [-0.15, -0.1) is 0 Å². The SMILES string of the molecule is CN1CCN(C(C)(C)C)C(=O)C(C(C)(C)C)C1. The molecule has 1 fully saturated rings. The zero-order valence-electron chi connectivity index (χ0n) is 12.5. The summed E-state index contributed by atoms with van der Waals surface area (Å²) in [4.78, 5) is 17.0. The van der Waals surface area contributed by atoms with Crippen LogP contribution in [0.2, 0.25) is 0 Å². The molecule has 0 saturated carbocycles. The molecule has 17 heavy (non-hydrogen) atoms. The zero-order valence-corrected chi connectivity index (χ0v) is 12.5. The van der Waals surface area contributed by atoms with Gasteiger partial charge in [0.2, 0.25) is 5.91 Å². The first-order chi connectivity index (χ1) is 7.53. The lowest BCUT2D eigenvalue weighted by molar-refractivity contribution is -0.142. The Morgan fingerprint density at radius 3 is 2.00 bits per heavy atom. The van der Waals surface area contributed by atoms with Crippen LogP contribution >= 0.6 is 0 Å². The minimum absolute atomic E-state index is 0.0270. The van der Waals surface area contributed by atoms with Crippen molar-refractivity contribution in [2.75, 3.05) is 26.7 Å². The zero-order chi connectivity index (χ0) is 13.4. The van der Waals surface area contributed by atoms with Gasteiger partial charge in [0.05, 0.1) is 5.92 Å². The number of likely N-dealkylation sites (N-methyl/N-ethyl adjacent to an activating group) is 1. The summed E-state index contributed by atoms with van der Waals surface area (Å²) in [6.45, 7) is 15.5. The molecule has 1 aliphatic rings. The van der Waals surface area contributed by atoms with Crippen LogP contribution in [-0.2, 0) is 4.79 Å². The van der Waals surface area contributed by atoms with Crippen LogP contribution in [0.5, 0.6) is 0 Å². The van der Waals surface area contributed by atoms with E-state index in [1.54, 1.807) is 0 Å². The Bertz CT molecular complexity index is 286. The maximum Gasteiger partial charge on any atom is 0.227 e. The van der Waals surface area contributed by atoms with Crippen molar-refractivity contribution in [3.8, 4) is 0 Å². The average molecular weight is 240 g/mol. The van der Waals surface area contributed by atoms with E-state index in [1.165, 1.54) is 0 Å². The molecular formula is C14H28N2O. The molecule has 1 unspecified atom stereocenters. The largest absolute Gasteiger partial charge is 0.336 e. The minimum atomic E-state index is -0.0776. The molecule has 0 spiro atoms. The third kappa shape index (κ3) is 3.44. The van der Waals surface area contributed by atoms with Crippen molar-refractivity contribution in [2.24, 2.45) is 11.3 Å². The van der Waals surface area contributed by atoms with Gasteiger partial charge in [-0.05, 0) is 33.2 Å². The number of carbonyl (C=O) groups excluding carboxylic acids is 1. The fourth-order valence-electron chi connectivity index (χ4n) is 2.36. The van der Waals surface area contributed by atoms with Gasteiger partial charge in [0.25, 0.3) is 0 Å². The van der Waals surface area contributed by atoms with Crippen molar-refractivity contribution in [3.05, 3.63) is 0 Å². The van der Waals surface area contributed by atoms with Gasteiger partial charge in [-0.1, -0.05) is 20.8 Å². The van der Waals surface area contributed by atoms with Gasteiger partial charge < -0.3 is 9.80 Å². The van der Waals surface area contributed by atoms with Crippen LogP contribution < -0.4 is 0 Å². The van der Waals surface area contributed by atoms with Crippen LogP contribution in [0.3, 0.4) is 0 Å². The number of hydrogen-bond acceptors (Lipinski definition) is 2. The predicted octanol–water partition coefficient (Wildman–Crippen LogP) is 2.22. The lowest BCUT2D eigenvalue weighted by atomic mass is 9.79. The van der Waals surface area contributed by atoms with E-state index >= 15 is 0 Å². The third-order valence-electron chi connectivity index (χ3n) is 3.62. The van der Waals surface area contributed by atoms with Gasteiger partial charge >= 0.3 is 0 Å². The van der Waals surface area contributed by atoms with Crippen molar-refractivity contribution < 1.29 is 4.79 Å². The summed E-state index contributed by atoms with van der Waals surface area (Å²) < 4.78 is 0. The van der Waals surface area contributed by atoms with Crippen molar-refractivity contribution >= 4 is 5.91 Å². The summed E-state index contributed by atoms with van der Waals surface area (Å²) in [5, 5.41) is 0. The summed E-state index contributed by atoms with van der Waals surface area (Å²) >= 11 is 0. The molecule has 1 heterocycles. The van der Waals surface area contributed by atoms with Gasteiger partial charge in [-0.2, -0.15) is 0 Å². The van der Waals surface area contributed by atoms with Crippen molar-refractivity contribution in [1.29, 1.82) is 0 Å². The van der Waals surface area contributed by atoms with E-state index in [1.807, 2.05) is 4.90 Å². The maximum atomic E-state index is 12.7. The smallest absolute Gasteiger partial charge is 0.227 e. The monoisotopic (exact) mass is 240 g/mol. The standard InChI is InChI=1S/C14H28N2O/c1-13(2,3)11-10-15(7)8-9-16(12(11)17)14(4,5)6/h11H,8-10H2,1-7H3. The fraction of sp³-hybridized carbons (Fsp3) is 0.929. The molecule has 1 rings (SSSR count). The number of rotatable bonds is 0. The van der Waals surface area contributed by atoms with Gasteiger partial charge in [0.15, 0.2) is 0 Å². The third-order valence-corrected chi connectivity index (χ3v) is 3.62. The molecular weight excluding hydrogens is 212 g/mol. The lowest BCUT2D eigenvalue weighted by Crippen LogP contribution is -2.50. The minimum Gasteiger partial charge on any atom is -0.336 e. The second-order valence-electron chi connectivity index (χ2n) is 7.34. The number of amides is 1. The van der Waals surface area contributed by atoms with Gasteiger partial charge in [0.1, 0.15) is 0 Å². The van der Waals surface area contributed by atoms with E-state index in [9.17, 15) is 4.79 Å². The van der Waals surface area contributed by atoms with E-state index in [2.05, 4.69) is 53.5 Å². The van der Waals surface area contributed by atoms with E-state index in [0.29, 0.717) is 5.91 Å². The maximum absolute atomic E-state index is 12.7. The average Bonchev–Trinajstić information content (AvgIpc) is 2.23. The molecule has 0 aromatic carbocycles. The summed E-state index contributed by atoms with van der Waals surface area (Å²) in [5.74, 6) is 0.406. The Morgan fingerprint density at radius 2 is 1.59 bits per heavy atom. The van der Waals surface area contributed by atoms with Crippen LogP contribution in [0.1, 0.15) is 41.5 Å². The first-order valence-corrected chi connectivity index (χ1v) is 6.53. The Balaban J connectivity index is 3.02. The number of carbonyl (C=O) groups is 1. The van der Waals surface area contributed by atoms with Crippen LogP contribution in [0.4, 0.5) is 0 Å². The number of hydrogen-bond donors (Lipinski definition) is 0. The second kappa shape index (κ2) is 4.60. The normalized spacial score (nSPS) is 25.0. The highest BCUT2D eigenvalue weighted by atomic mass is 16.2. The molecule has 1 amide bonds. The van der Waals surface area contributed by atoms with Crippen LogP contribution in [-0.4, -0.2) is 47.9 Å². The first kappa shape index (κ1) is 14.5. The predicted molar refractivity (Wildman–Crippen MR) is 71.9 cm³/mol. The quantitative estimate of drug-likeness (QED) is 0.648. The van der Waals surface area contributed by atoms with Crippen molar-refractivity contribution in [2.45, 2.75) is 47.1 Å². The van der Waals surface area contributed by atoms with Gasteiger partial charge in [-0.3, -0.25) is 4.79 Å². The van der Waals surface area contributed by atoms with Gasteiger partial charge in [-0.25, -0.2) is 0 Å². The molecule has 1 saturated heterocycles. The molecule has 0 bridgehead atoms. The molecule has 0 N–H and O–H groups in total. The summed E-state index contributed by atoms with van der Waals surface area (Å²) in [5.41, 5.74) is -0.0506. The Morgan fingerprint density at radius 1 is 1.06 bits per heavy atom. The summed E-state index contributed by atoms with van der Waals surface area (Å²) in [6, 6.07) is 0. The molecule has 0 aromatic heterocycles. The first-order valence-electron chi connectivity index (χ1n) is 6.53. The van der Waals surface area contributed by atoms with Crippen LogP contribution in [0, 0.1) is 11.3 Å². The topological polar surface area (TPSA) is 23.6 Å². The molecule has 3 heteroatoms. The highest BCUT2D eigenvalue weighted by Gasteiger charge is 2.40. The molecule has 0 aromatic rings. The molecule has 0 radical (unpaired) electrons. The van der Waals surface area contributed by atoms with Crippen LogP contribution in [0.15, 0.2) is 0 Å². The fourth-order valence-corrected chi connectivity index (χ4v) is 2.36. The molecule has 3 nitrogen and oxygen atoms in total. The molecule has 0 aliphatic carbocycles. The Kier molecular flexibility index (Phi) is 3.92. The Hall–Kier alpha value is -0.570. The Labute approximate surface area is 106 Å². The van der Waals surface area contributed by atoms with E-state index in [4.69, 9.17) is 0 Å². The number of nitrogens with zero attached hydrogens (tertiary/aromatic N) is 2. The molecule has 1 atom stereocenters. The summed E-state index contributed by atoms with van der Waals surface area (Å²) in [6.07, 6.45) is 0. The highest BCUT2D eigenvalue weighted by molar-refractivity contribution is 5.80. The highest BCUT2D eigenvalue weighted by Crippen LogP contribution is 2.32. The van der Waals surface area contributed by atoms with Crippen molar-refractivity contribution in [1.82, 2.24) is 9.80 Å². The van der Waals surface area contributed by atoms with Crippen LogP contribution in [0.25, 0.3) is 0 Å². The van der Waals surface area contributed by atoms with E-state index < -0.39 is 0 Å². The lowest BCUT2D eigenvalue weighted by Gasteiger charge is -2.39. The molecule has 1 aliphatic heterocycles. The molecule has 100 valence electrons. The van der Waals surface area contributed by atoms with Gasteiger partial charge in [0, 0.05) is 25.2 Å². The van der Waals surface area contributed by atoms with E-state index in [-0.39, 0.29) is 16.9 Å². The second-order valence-corrected chi connectivity index (χ2v) is 7.34. The summed E-state index contributed by atoms with van der Waals surface area (Å²) in [7, 11) is 2.11. The van der Waals surface area contributed by atoms with Crippen molar-refractivity contribution in [3.63, 3.8) is 0 Å². The van der Waals surface area contributed by atoms with E-state index in [0.717, 1.165) is 19.6 Å².